The number of carbonyl (C=O) groups excluding carboxylic acids is 2. The first-order valence-corrected chi connectivity index (χ1v) is 17.0. The van der Waals surface area contributed by atoms with Gasteiger partial charge in [-0.2, -0.15) is 8.42 Å². The van der Waals surface area contributed by atoms with Crippen LogP contribution in [-0.4, -0.2) is 42.5 Å². The Morgan fingerprint density at radius 3 is 1.84 bits per heavy atom. The first-order chi connectivity index (χ1) is 19.9. The number of ketones is 2. The molecule has 2 aliphatic carbocycles. The number of Topliss-reactive ketones (excluding diaryl/α,β-unsaturated/α-hetero) is 2. The normalized spacial score (nSPS) is 20.2. The summed E-state index contributed by atoms with van der Waals surface area (Å²) in [4.78, 5) is 41.4. The Bertz CT molecular complexity index is 1670. The quantitative estimate of drug-likeness (QED) is 0.303. The van der Waals surface area contributed by atoms with Crippen LogP contribution in [0.15, 0.2) is 72.8 Å². The number of aliphatic carboxylic acids is 1. The first-order valence-electron chi connectivity index (χ1n) is 13.6. The zero-order valence-corrected chi connectivity index (χ0v) is 28.7. The molecule has 0 bridgehead atoms. The molecule has 1 heterocycles. The average molecular weight is 756 g/mol. The van der Waals surface area contributed by atoms with E-state index in [9.17, 15) is 27.9 Å². The minimum Gasteiger partial charge on any atom is -0.480 e. The molecule has 0 spiro atoms. The largest absolute Gasteiger partial charge is 0.480 e. The average Bonchev–Trinajstić information content (AvgIpc) is 2.85. The van der Waals surface area contributed by atoms with Crippen molar-refractivity contribution in [3.63, 3.8) is 0 Å². The Morgan fingerprint density at radius 2 is 1.40 bits per heavy atom. The van der Waals surface area contributed by atoms with Gasteiger partial charge in [0.25, 0.3) is 0 Å². The van der Waals surface area contributed by atoms with E-state index < -0.39 is 32.8 Å². The molecule has 0 aromatic heterocycles. The van der Waals surface area contributed by atoms with Crippen molar-refractivity contribution in [1.82, 2.24) is 4.90 Å². The summed E-state index contributed by atoms with van der Waals surface area (Å²) in [5.74, 6) is -2.10. The van der Waals surface area contributed by atoms with Gasteiger partial charge >= 0.3 is 16.1 Å². The highest BCUT2D eigenvalue weighted by atomic mass is 79.9. The van der Waals surface area contributed by atoms with Gasteiger partial charge in [0.1, 0.15) is 11.4 Å². The van der Waals surface area contributed by atoms with E-state index in [1.807, 2.05) is 27.7 Å². The van der Waals surface area contributed by atoms with Crippen molar-refractivity contribution in [1.29, 1.82) is 0 Å². The second kappa shape index (κ2) is 11.2. The second-order valence-electron chi connectivity index (χ2n) is 12.8. The van der Waals surface area contributed by atoms with Crippen molar-refractivity contribution in [2.45, 2.75) is 64.2 Å². The smallest absolute Gasteiger partial charge is 0.339 e. The summed E-state index contributed by atoms with van der Waals surface area (Å²) in [7, 11) is -4.22. The predicted molar refractivity (Wildman–Crippen MR) is 168 cm³/mol. The highest BCUT2D eigenvalue weighted by Crippen LogP contribution is 2.55. The number of benzene rings is 2. The van der Waals surface area contributed by atoms with Crippen molar-refractivity contribution in [3.8, 4) is 5.75 Å². The molecule has 1 N–H and O–H groups in total. The van der Waals surface area contributed by atoms with E-state index in [-0.39, 0.29) is 41.6 Å². The number of allylic oxidation sites excluding steroid dienone is 4. The maximum atomic E-state index is 13.9. The molecule has 0 fully saturated rings. The van der Waals surface area contributed by atoms with Crippen molar-refractivity contribution in [3.05, 3.63) is 78.5 Å². The number of carboxylic acid groups (broad SMARTS) is 1. The van der Waals surface area contributed by atoms with Gasteiger partial charge in [0.2, 0.25) is 0 Å². The van der Waals surface area contributed by atoms with E-state index in [0.717, 1.165) is 0 Å². The molecule has 0 radical (unpaired) electrons. The number of halogens is 3. The summed E-state index contributed by atoms with van der Waals surface area (Å²) in [5.41, 5.74) is 1.83. The van der Waals surface area contributed by atoms with E-state index in [4.69, 9.17) is 15.8 Å². The van der Waals surface area contributed by atoms with E-state index >= 15 is 0 Å². The molecule has 0 saturated carbocycles. The molecule has 5 rings (SSSR count). The third kappa shape index (κ3) is 6.23. The molecule has 43 heavy (non-hydrogen) atoms. The zero-order chi connectivity index (χ0) is 31.6. The van der Waals surface area contributed by atoms with Gasteiger partial charge in [0, 0.05) is 46.3 Å². The monoisotopic (exact) mass is 753 g/mol. The van der Waals surface area contributed by atoms with Gasteiger partial charge in [-0.05, 0) is 97.5 Å². The Labute approximate surface area is 272 Å². The number of hydrogen-bond donors (Lipinski definition) is 1. The molecule has 0 saturated heterocycles. The number of nitrogens with zero attached hydrogens (tertiary/aromatic N) is 1. The minimum absolute atomic E-state index is 0.00220. The molecule has 1 aliphatic heterocycles. The van der Waals surface area contributed by atoms with Gasteiger partial charge < -0.3 is 14.2 Å². The van der Waals surface area contributed by atoms with Crippen LogP contribution in [0, 0.1) is 10.8 Å². The highest BCUT2D eigenvalue weighted by molar-refractivity contribution is 9.11. The van der Waals surface area contributed by atoms with E-state index in [1.54, 1.807) is 17.0 Å². The topological polar surface area (TPSA) is 118 Å². The molecule has 8 nitrogen and oxygen atoms in total. The van der Waals surface area contributed by atoms with Crippen LogP contribution in [-0.2, 0) is 24.5 Å². The molecule has 3 aliphatic rings. The van der Waals surface area contributed by atoms with Crippen LogP contribution >= 0.6 is 43.5 Å². The molecule has 0 amide bonds. The van der Waals surface area contributed by atoms with Crippen LogP contribution in [0.5, 0.6) is 5.75 Å². The van der Waals surface area contributed by atoms with Gasteiger partial charge in [0.15, 0.2) is 17.3 Å². The SMILES string of the molecule is CC1(C)CC(=O)C2=C(C1)N(CC(=O)O)C1=C(C(=O)CC(C)(C)C1)C2c1cc(Br)c(OS(=O)(=O)c2ccc(Cl)cc2)c(Br)c1. The lowest BCUT2D eigenvalue weighted by Gasteiger charge is -2.48. The van der Waals surface area contributed by atoms with Crippen LogP contribution < -0.4 is 4.18 Å². The van der Waals surface area contributed by atoms with Crippen LogP contribution in [0.4, 0.5) is 0 Å². The molecule has 228 valence electrons. The van der Waals surface area contributed by atoms with E-state index in [2.05, 4.69) is 31.9 Å². The first kappa shape index (κ1) is 31.9. The number of carboxylic acids is 1. The third-order valence-electron chi connectivity index (χ3n) is 7.96. The Balaban J connectivity index is 1.68. The fraction of sp³-hybridized carbons (Fsp3) is 0.387. The number of carbonyl (C=O) groups is 3. The van der Waals surface area contributed by atoms with Gasteiger partial charge in [-0.1, -0.05) is 39.3 Å². The maximum Gasteiger partial charge on any atom is 0.339 e. The molecule has 2 aromatic carbocycles. The maximum absolute atomic E-state index is 13.9. The van der Waals surface area contributed by atoms with E-state index in [0.29, 0.717) is 54.9 Å². The third-order valence-corrected chi connectivity index (χ3v) is 10.6. The second-order valence-corrected chi connectivity index (χ2v) is 16.5. The summed E-state index contributed by atoms with van der Waals surface area (Å²) in [5, 5.41) is 10.3. The van der Waals surface area contributed by atoms with Crippen molar-refractivity contribution in [2.75, 3.05) is 6.54 Å². The highest BCUT2D eigenvalue weighted by Gasteiger charge is 2.49. The zero-order valence-electron chi connectivity index (χ0n) is 24.0. The molecule has 2 aromatic rings. The molecule has 0 atom stereocenters. The van der Waals surface area contributed by atoms with Crippen molar-refractivity contribution < 1.29 is 32.1 Å². The van der Waals surface area contributed by atoms with Gasteiger partial charge in [0.05, 0.1) is 8.95 Å². The Kier molecular flexibility index (Phi) is 8.29. The summed E-state index contributed by atoms with van der Waals surface area (Å²) in [6.45, 7) is 7.54. The minimum atomic E-state index is -4.22. The van der Waals surface area contributed by atoms with Gasteiger partial charge in [-0.3, -0.25) is 14.4 Å². The standard InChI is InChI=1S/C31H30Br2ClNO7S/c1-30(2)11-21-27(23(36)13-30)26(28-22(35(21)15-25(38)39)12-31(3,4)14-24(28)37)16-9-19(32)29(20(33)10-16)42-43(40,41)18-7-5-17(34)6-8-18/h5-10,26H,11-15H2,1-4H3,(H,38,39). The van der Waals surface area contributed by atoms with E-state index in [1.165, 1.54) is 24.3 Å². The fourth-order valence-corrected chi connectivity index (χ4v) is 8.98. The molecular formula is C31H30Br2ClNO7S. The summed E-state index contributed by atoms with van der Waals surface area (Å²) >= 11 is 12.8. The lowest BCUT2D eigenvalue weighted by Crippen LogP contribution is -2.45. The van der Waals surface area contributed by atoms with Crippen LogP contribution in [0.2, 0.25) is 5.02 Å². The van der Waals surface area contributed by atoms with Gasteiger partial charge in [-0.25, -0.2) is 0 Å². The van der Waals surface area contributed by atoms with Crippen LogP contribution in [0.3, 0.4) is 0 Å². The Morgan fingerprint density at radius 1 is 0.930 bits per heavy atom. The van der Waals surface area contributed by atoms with Crippen LogP contribution in [0.1, 0.15) is 64.9 Å². The summed E-state index contributed by atoms with van der Waals surface area (Å²) in [6.07, 6.45) is 1.42. The van der Waals surface area contributed by atoms with Crippen LogP contribution in [0.25, 0.3) is 0 Å². The predicted octanol–water partition coefficient (Wildman–Crippen LogP) is 7.40. The summed E-state index contributed by atoms with van der Waals surface area (Å²) in [6, 6.07) is 8.89. The van der Waals surface area contributed by atoms with Gasteiger partial charge in [-0.15, -0.1) is 0 Å². The molecule has 0 unspecified atom stereocenters. The molecular weight excluding hydrogens is 726 g/mol. The lowest BCUT2D eigenvalue weighted by molar-refractivity contribution is -0.138. The lowest BCUT2D eigenvalue weighted by atomic mass is 9.63. The molecule has 12 heteroatoms. The number of hydrogen-bond acceptors (Lipinski definition) is 7. The Hall–Kier alpha value is -2.47. The summed E-state index contributed by atoms with van der Waals surface area (Å²) < 4.78 is 32.2. The van der Waals surface area contributed by atoms with Crippen molar-refractivity contribution in [2.24, 2.45) is 10.8 Å². The van der Waals surface area contributed by atoms with Crippen molar-refractivity contribution >= 4 is 71.1 Å². The fourth-order valence-electron chi connectivity index (χ4n) is 6.29. The number of rotatable bonds is 6.